The summed E-state index contributed by atoms with van der Waals surface area (Å²) >= 11 is 0. The van der Waals surface area contributed by atoms with Gasteiger partial charge in [0.1, 0.15) is 23.9 Å². The molecule has 1 aromatic carbocycles. The van der Waals surface area contributed by atoms with Crippen LogP contribution in [0.4, 0.5) is 13.2 Å². The van der Waals surface area contributed by atoms with Crippen LogP contribution in [0.2, 0.25) is 0 Å². The van der Waals surface area contributed by atoms with E-state index in [0.717, 1.165) is 43.3 Å². The van der Waals surface area contributed by atoms with Gasteiger partial charge in [0.05, 0.1) is 6.54 Å². The molecule has 8 heteroatoms. The van der Waals surface area contributed by atoms with E-state index in [1.165, 1.54) is 12.1 Å². The van der Waals surface area contributed by atoms with Crippen molar-refractivity contribution in [3.8, 4) is 5.75 Å². The van der Waals surface area contributed by atoms with Gasteiger partial charge in [-0.25, -0.2) is 0 Å². The summed E-state index contributed by atoms with van der Waals surface area (Å²) in [5, 5.41) is 3.38. The number of furan rings is 1. The van der Waals surface area contributed by atoms with Gasteiger partial charge in [-0.1, -0.05) is 12.1 Å². The first-order valence-corrected chi connectivity index (χ1v) is 9.75. The molecule has 0 radical (unpaired) electrons. The monoisotopic (exact) mass is 410 g/mol. The van der Waals surface area contributed by atoms with E-state index in [4.69, 9.17) is 9.15 Å². The van der Waals surface area contributed by atoms with E-state index in [9.17, 15) is 13.2 Å². The number of nitrogens with zero attached hydrogens (tertiary/aromatic N) is 1. The summed E-state index contributed by atoms with van der Waals surface area (Å²) in [6.45, 7) is 4.85. The lowest BCUT2D eigenvalue weighted by Crippen LogP contribution is -2.27. The lowest BCUT2D eigenvalue weighted by atomic mass is 10.2. The molecule has 0 amide bonds. The molecule has 4 rings (SSSR count). The Labute approximate surface area is 167 Å². The molecule has 29 heavy (non-hydrogen) atoms. The van der Waals surface area contributed by atoms with Crippen LogP contribution in [0.3, 0.4) is 0 Å². The van der Waals surface area contributed by atoms with Crippen molar-refractivity contribution in [1.82, 2.24) is 10.2 Å². The number of hydrogen-bond donors (Lipinski definition) is 1. The summed E-state index contributed by atoms with van der Waals surface area (Å²) in [5.41, 5.74) is 0.781. The Hall–Kier alpha value is -2.03. The van der Waals surface area contributed by atoms with Gasteiger partial charge in [-0.15, -0.1) is 13.2 Å². The summed E-state index contributed by atoms with van der Waals surface area (Å²) in [7, 11) is 1.65. The molecule has 2 aliphatic rings. The third kappa shape index (κ3) is 5.32. The van der Waals surface area contributed by atoms with Gasteiger partial charge >= 0.3 is 6.36 Å². The van der Waals surface area contributed by atoms with Crippen molar-refractivity contribution in [3.05, 3.63) is 53.5 Å². The number of hydrogen-bond acceptors (Lipinski definition) is 5. The molecule has 1 aliphatic carbocycles. The minimum Gasteiger partial charge on any atom is -0.462 e. The van der Waals surface area contributed by atoms with E-state index in [2.05, 4.69) is 15.0 Å². The van der Waals surface area contributed by atoms with Crippen LogP contribution in [0.5, 0.6) is 5.75 Å². The average molecular weight is 410 g/mol. The number of fused-ring (bicyclic) bond motifs is 1. The van der Waals surface area contributed by atoms with Crippen LogP contribution in [-0.2, 0) is 24.4 Å². The van der Waals surface area contributed by atoms with Crippen molar-refractivity contribution in [1.29, 1.82) is 0 Å². The first kappa shape index (κ1) is 20.3. The van der Waals surface area contributed by atoms with Crippen LogP contribution in [-0.4, -0.2) is 38.0 Å². The summed E-state index contributed by atoms with van der Waals surface area (Å²) in [6, 6.07) is 10.1. The largest absolute Gasteiger partial charge is 0.573 e. The number of methoxy groups -OCH3 is 1. The summed E-state index contributed by atoms with van der Waals surface area (Å²) < 4.78 is 51.8. The van der Waals surface area contributed by atoms with E-state index in [1.807, 2.05) is 12.1 Å². The second kappa shape index (κ2) is 8.38. The number of likely N-dealkylation sites (tertiary alicyclic amines) is 1. The van der Waals surface area contributed by atoms with Gasteiger partial charge in [-0.05, 0) is 54.1 Å². The first-order chi connectivity index (χ1) is 13.9. The summed E-state index contributed by atoms with van der Waals surface area (Å²) in [6.07, 6.45) is -4.66. The molecule has 0 spiro atoms. The summed E-state index contributed by atoms with van der Waals surface area (Å²) in [4.78, 5) is 2.42. The quantitative estimate of drug-likeness (QED) is 0.682. The van der Waals surface area contributed by atoms with Gasteiger partial charge in [-0.2, -0.15) is 0 Å². The standard InChI is InChI=1S/C21H25F3N2O3/c1-27-13-17-6-5-16(28-17)10-26-11-19-18(20(19)12-26)9-25-8-14-3-2-4-15(7-14)29-21(22,23)24/h2-7,18-20,25H,8-13H2,1H3. The maximum Gasteiger partial charge on any atom is 0.573 e. The topological polar surface area (TPSA) is 46.9 Å². The van der Waals surface area contributed by atoms with E-state index >= 15 is 0 Å². The fourth-order valence-corrected chi connectivity index (χ4v) is 4.35. The van der Waals surface area contributed by atoms with Gasteiger partial charge in [0.15, 0.2) is 0 Å². The zero-order chi connectivity index (χ0) is 20.4. The molecule has 1 N–H and O–H groups in total. The maximum absolute atomic E-state index is 12.3. The number of ether oxygens (including phenoxy) is 2. The second-order valence-corrected chi connectivity index (χ2v) is 7.81. The molecule has 2 aromatic rings. The smallest absolute Gasteiger partial charge is 0.462 e. The Balaban J connectivity index is 1.17. The van der Waals surface area contributed by atoms with Crippen LogP contribution in [0.1, 0.15) is 17.1 Å². The minimum absolute atomic E-state index is 0.178. The molecular weight excluding hydrogens is 385 g/mol. The lowest BCUT2D eigenvalue weighted by molar-refractivity contribution is -0.274. The molecule has 1 saturated heterocycles. The van der Waals surface area contributed by atoms with E-state index in [1.54, 1.807) is 19.2 Å². The minimum atomic E-state index is -4.66. The van der Waals surface area contributed by atoms with Gasteiger partial charge < -0.3 is 19.2 Å². The predicted octanol–water partition coefficient (Wildman–Crippen LogP) is 3.79. The van der Waals surface area contributed by atoms with Gasteiger partial charge in [0.25, 0.3) is 0 Å². The highest BCUT2D eigenvalue weighted by Gasteiger charge is 2.54. The number of piperidine rings is 1. The van der Waals surface area contributed by atoms with Crippen molar-refractivity contribution in [2.75, 3.05) is 26.7 Å². The fourth-order valence-electron chi connectivity index (χ4n) is 4.35. The predicted molar refractivity (Wildman–Crippen MR) is 100.0 cm³/mol. The first-order valence-electron chi connectivity index (χ1n) is 9.75. The molecule has 0 bridgehead atoms. The fraction of sp³-hybridized carbons (Fsp3) is 0.524. The van der Waals surface area contributed by atoms with Crippen LogP contribution >= 0.6 is 0 Å². The van der Waals surface area contributed by atoms with E-state index in [-0.39, 0.29) is 5.75 Å². The van der Waals surface area contributed by atoms with Crippen molar-refractivity contribution in [2.45, 2.75) is 26.1 Å². The van der Waals surface area contributed by atoms with Crippen LogP contribution in [0.25, 0.3) is 0 Å². The number of halogens is 3. The Kier molecular flexibility index (Phi) is 5.85. The highest BCUT2D eigenvalue weighted by Crippen LogP contribution is 2.51. The highest BCUT2D eigenvalue weighted by atomic mass is 19.4. The van der Waals surface area contributed by atoms with Crippen LogP contribution < -0.4 is 10.1 Å². The van der Waals surface area contributed by atoms with Crippen molar-refractivity contribution in [3.63, 3.8) is 0 Å². The van der Waals surface area contributed by atoms with Crippen LogP contribution in [0, 0.1) is 17.8 Å². The van der Waals surface area contributed by atoms with Crippen molar-refractivity contribution in [2.24, 2.45) is 17.8 Å². The Morgan fingerprint density at radius 2 is 1.90 bits per heavy atom. The van der Waals surface area contributed by atoms with Gasteiger partial charge in [0, 0.05) is 26.7 Å². The zero-order valence-electron chi connectivity index (χ0n) is 16.2. The normalized spacial score (nSPS) is 23.9. The third-order valence-electron chi connectivity index (χ3n) is 5.67. The molecule has 1 saturated carbocycles. The van der Waals surface area contributed by atoms with Crippen molar-refractivity contribution >= 4 is 0 Å². The maximum atomic E-state index is 12.3. The Bertz CT molecular complexity index is 811. The average Bonchev–Trinajstić information content (AvgIpc) is 2.99. The SMILES string of the molecule is COCc1ccc(CN2CC3C(CNCc4cccc(OC(F)(F)F)c4)C3C2)o1. The Morgan fingerprint density at radius 1 is 1.14 bits per heavy atom. The zero-order valence-corrected chi connectivity index (χ0v) is 16.2. The molecule has 1 aliphatic heterocycles. The molecule has 2 heterocycles. The molecule has 5 nitrogen and oxygen atoms in total. The molecular formula is C21H25F3N2O3. The van der Waals surface area contributed by atoms with Crippen molar-refractivity contribution < 1.29 is 27.1 Å². The van der Waals surface area contributed by atoms with Gasteiger partial charge in [-0.3, -0.25) is 4.90 Å². The molecule has 158 valence electrons. The van der Waals surface area contributed by atoms with E-state index < -0.39 is 6.36 Å². The van der Waals surface area contributed by atoms with E-state index in [0.29, 0.717) is 30.9 Å². The van der Waals surface area contributed by atoms with Gasteiger partial charge in [0.2, 0.25) is 0 Å². The highest BCUT2D eigenvalue weighted by molar-refractivity contribution is 5.28. The van der Waals surface area contributed by atoms with Crippen LogP contribution in [0.15, 0.2) is 40.8 Å². The molecule has 2 unspecified atom stereocenters. The number of nitrogens with one attached hydrogen (secondary N) is 1. The number of rotatable bonds is 9. The molecule has 2 fully saturated rings. The molecule has 2 atom stereocenters. The summed E-state index contributed by atoms with van der Waals surface area (Å²) in [5.74, 6) is 3.66. The third-order valence-corrected chi connectivity index (χ3v) is 5.67. The Morgan fingerprint density at radius 3 is 2.62 bits per heavy atom. The second-order valence-electron chi connectivity index (χ2n) is 7.81. The number of benzene rings is 1. The molecule has 1 aromatic heterocycles. The number of alkyl halides is 3. The lowest BCUT2D eigenvalue weighted by Gasteiger charge is -2.18.